The summed E-state index contributed by atoms with van der Waals surface area (Å²) in [6.07, 6.45) is 5.64. The van der Waals surface area contributed by atoms with Crippen LogP contribution in [0.25, 0.3) is 0 Å². The van der Waals surface area contributed by atoms with E-state index in [1.54, 1.807) is 0 Å². The van der Waals surface area contributed by atoms with Crippen molar-refractivity contribution < 1.29 is 4.79 Å². The second kappa shape index (κ2) is 7.08. The molecule has 1 amide bonds. The summed E-state index contributed by atoms with van der Waals surface area (Å²) in [6.45, 7) is 6.22. The highest BCUT2D eigenvalue weighted by atomic mass is 16.2. The fourth-order valence-corrected chi connectivity index (χ4v) is 5.14. The van der Waals surface area contributed by atoms with Crippen LogP contribution in [0, 0.1) is 0 Å². The van der Waals surface area contributed by atoms with Crippen molar-refractivity contribution in [1.82, 2.24) is 14.7 Å². The van der Waals surface area contributed by atoms with E-state index in [-0.39, 0.29) is 5.41 Å². The van der Waals surface area contributed by atoms with Gasteiger partial charge in [0, 0.05) is 45.3 Å². The highest BCUT2D eigenvalue weighted by Crippen LogP contribution is 2.41. The largest absolute Gasteiger partial charge is 0.339 e. The van der Waals surface area contributed by atoms with Crippen molar-refractivity contribution in [2.75, 3.05) is 46.3 Å². The van der Waals surface area contributed by atoms with Gasteiger partial charge in [-0.25, -0.2) is 0 Å². The summed E-state index contributed by atoms with van der Waals surface area (Å²) in [5.41, 5.74) is 0.963. The number of likely N-dealkylation sites (N-methyl/N-ethyl adjacent to an activating group) is 1. The molecule has 2 saturated heterocycles. The van der Waals surface area contributed by atoms with Crippen molar-refractivity contribution >= 4 is 5.91 Å². The molecule has 0 bridgehead atoms. The van der Waals surface area contributed by atoms with E-state index in [4.69, 9.17) is 0 Å². The van der Waals surface area contributed by atoms with Crippen molar-refractivity contribution in [1.29, 1.82) is 0 Å². The van der Waals surface area contributed by atoms with Crippen LogP contribution in [0.2, 0.25) is 0 Å². The van der Waals surface area contributed by atoms with Gasteiger partial charge in [-0.15, -0.1) is 0 Å². The van der Waals surface area contributed by atoms with Crippen molar-refractivity contribution in [2.24, 2.45) is 0 Å². The fourth-order valence-electron chi connectivity index (χ4n) is 5.14. The van der Waals surface area contributed by atoms with Gasteiger partial charge in [0.25, 0.3) is 0 Å². The van der Waals surface area contributed by atoms with Crippen molar-refractivity contribution in [3.05, 3.63) is 35.9 Å². The highest BCUT2D eigenvalue weighted by Gasteiger charge is 2.45. The second-order valence-electron chi connectivity index (χ2n) is 8.21. The Morgan fingerprint density at radius 3 is 2.44 bits per heavy atom. The van der Waals surface area contributed by atoms with Crippen LogP contribution in [0.1, 0.15) is 37.7 Å². The molecule has 1 aromatic rings. The second-order valence-corrected chi connectivity index (χ2v) is 8.21. The van der Waals surface area contributed by atoms with E-state index in [1.165, 1.54) is 24.8 Å². The Kier molecular flexibility index (Phi) is 4.83. The van der Waals surface area contributed by atoms with Crippen LogP contribution >= 0.6 is 0 Å². The first-order valence-electron chi connectivity index (χ1n) is 9.96. The molecular formula is C21H31N3O. The molecule has 3 fully saturated rings. The summed E-state index contributed by atoms with van der Waals surface area (Å²) >= 11 is 0. The average molecular weight is 341 g/mol. The minimum absolute atomic E-state index is 0.276. The van der Waals surface area contributed by atoms with Crippen LogP contribution in [0.3, 0.4) is 0 Å². The molecule has 4 rings (SSSR count). The molecule has 1 saturated carbocycles. The Balaban J connectivity index is 1.57. The number of nitrogens with zero attached hydrogens (tertiary/aromatic N) is 3. The lowest BCUT2D eigenvalue weighted by atomic mass is 9.68. The zero-order chi connectivity index (χ0) is 17.3. The number of amides is 1. The Morgan fingerprint density at radius 2 is 1.68 bits per heavy atom. The smallest absolute Gasteiger partial charge is 0.233 e. The molecule has 3 aliphatic rings. The van der Waals surface area contributed by atoms with Gasteiger partial charge in [0.1, 0.15) is 0 Å². The van der Waals surface area contributed by atoms with E-state index in [9.17, 15) is 4.79 Å². The lowest BCUT2D eigenvalue weighted by molar-refractivity contribution is -0.143. The number of fused-ring (bicyclic) bond motifs is 1. The van der Waals surface area contributed by atoms with Crippen LogP contribution in [0.15, 0.2) is 30.3 Å². The molecule has 2 aliphatic heterocycles. The van der Waals surface area contributed by atoms with Crippen LogP contribution in [0.4, 0.5) is 0 Å². The zero-order valence-corrected chi connectivity index (χ0v) is 15.5. The number of carbonyl (C=O) groups excluding carboxylic acids is 1. The maximum atomic E-state index is 13.7. The number of carbonyl (C=O) groups is 1. The van der Waals surface area contributed by atoms with Gasteiger partial charge >= 0.3 is 0 Å². The SMILES string of the molecule is CN1CCN2CCN(C(=O)C3(c4ccccc4)CCCCC3)CC2C1. The quantitative estimate of drug-likeness (QED) is 0.826. The molecule has 136 valence electrons. The molecule has 0 N–H and O–H groups in total. The van der Waals surface area contributed by atoms with E-state index in [0.29, 0.717) is 11.9 Å². The van der Waals surface area contributed by atoms with Gasteiger partial charge in [-0.1, -0.05) is 49.6 Å². The van der Waals surface area contributed by atoms with E-state index in [2.05, 4.69) is 52.1 Å². The van der Waals surface area contributed by atoms with E-state index in [0.717, 1.165) is 52.1 Å². The zero-order valence-electron chi connectivity index (χ0n) is 15.5. The van der Waals surface area contributed by atoms with Gasteiger partial charge in [0.05, 0.1) is 5.41 Å². The average Bonchev–Trinajstić information content (AvgIpc) is 2.68. The van der Waals surface area contributed by atoms with Crippen molar-refractivity contribution in [3.63, 3.8) is 0 Å². The maximum absolute atomic E-state index is 13.7. The molecule has 1 unspecified atom stereocenters. The lowest BCUT2D eigenvalue weighted by Gasteiger charge is -2.49. The Bertz CT molecular complexity index is 596. The van der Waals surface area contributed by atoms with Gasteiger partial charge < -0.3 is 9.80 Å². The standard InChI is InChI=1S/C21H31N3O/c1-22-12-13-23-14-15-24(17-19(23)16-22)20(25)21(10-6-3-7-11-21)18-8-4-2-5-9-18/h2,4-5,8-9,19H,3,6-7,10-17H2,1H3. The van der Waals surface area contributed by atoms with Gasteiger partial charge in [-0.3, -0.25) is 9.69 Å². The number of benzene rings is 1. The topological polar surface area (TPSA) is 26.8 Å². The number of hydrogen-bond donors (Lipinski definition) is 0. The summed E-state index contributed by atoms with van der Waals surface area (Å²) in [4.78, 5) is 20.9. The molecule has 1 aromatic carbocycles. The Morgan fingerprint density at radius 1 is 0.960 bits per heavy atom. The lowest BCUT2D eigenvalue weighted by Crippen LogP contribution is -2.64. The minimum Gasteiger partial charge on any atom is -0.339 e. The molecule has 0 radical (unpaired) electrons. The van der Waals surface area contributed by atoms with Gasteiger partial charge in [-0.05, 0) is 25.5 Å². The summed E-state index contributed by atoms with van der Waals surface area (Å²) in [5.74, 6) is 0.395. The normalized spacial score (nSPS) is 27.7. The fraction of sp³-hybridized carbons (Fsp3) is 0.667. The van der Waals surface area contributed by atoms with E-state index >= 15 is 0 Å². The Hall–Kier alpha value is -1.39. The molecule has 0 aromatic heterocycles. The molecule has 2 heterocycles. The first-order chi connectivity index (χ1) is 12.2. The minimum atomic E-state index is -0.276. The van der Waals surface area contributed by atoms with Crippen LogP contribution in [0.5, 0.6) is 0 Å². The summed E-state index contributed by atoms with van der Waals surface area (Å²) in [5, 5.41) is 0. The maximum Gasteiger partial charge on any atom is 0.233 e. The highest BCUT2D eigenvalue weighted by molar-refractivity contribution is 5.88. The molecule has 4 nitrogen and oxygen atoms in total. The molecule has 0 spiro atoms. The first-order valence-corrected chi connectivity index (χ1v) is 9.96. The van der Waals surface area contributed by atoms with Crippen LogP contribution in [-0.4, -0.2) is 73.0 Å². The van der Waals surface area contributed by atoms with Crippen LogP contribution < -0.4 is 0 Å². The number of rotatable bonds is 2. The van der Waals surface area contributed by atoms with Crippen LogP contribution in [-0.2, 0) is 10.2 Å². The van der Waals surface area contributed by atoms with Gasteiger partial charge in [0.2, 0.25) is 5.91 Å². The Labute approximate surface area is 151 Å². The molecule has 4 heteroatoms. The van der Waals surface area contributed by atoms with Crippen molar-refractivity contribution in [2.45, 2.75) is 43.6 Å². The third kappa shape index (κ3) is 3.22. The summed E-state index contributed by atoms with van der Waals surface area (Å²) < 4.78 is 0. The predicted molar refractivity (Wildman–Crippen MR) is 101 cm³/mol. The summed E-state index contributed by atoms with van der Waals surface area (Å²) in [7, 11) is 2.20. The van der Waals surface area contributed by atoms with Crippen molar-refractivity contribution in [3.8, 4) is 0 Å². The number of hydrogen-bond acceptors (Lipinski definition) is 3. The monoisotopic (exact) mass is 341 g/mol. The first kappa shape index (κ1) is 17.0. The molecule has 25 heavy (non-hydrogen) atoms. The molecule has 1 atom stereocenters. The molecular weight excluding hydrogens is 310 g/mol. The predicted octanol–water partition coefficient (Wildman–Crippen LogP) is 2.35. The molecule has 1 aliphatic carbocycles. The van der Waals surface area contributed by atoms with Gasteiger partial charge in [-0.2, -0.15) is 0 Å². The third-order valence-electron chi connectivity index (χ3n) is 6.63. The third-order valence-corrected chi connectivity index (χ3v) is 6.63. The van der Waals surface area contributed by atoms with E-state index < -0.39 is 0 Å². The number of piperazine rings is 2. The van der Waals surface area contributed by atoms with E-state index in [1.807, 2.05) is 0 Å². The summed E-state index contributed by atoms with van der Waals surface area (Å²) in [6, 6.07) is 11.1. The van der Waals surface area contributed by atoms with Gasteiger partial charge in [0.15, 0.2) is 0 Å².